The SMILES string of the molecule is CC1NNC(C)C1CCc1nc2c3ccccc3nc(SCc3cccc([N+](=O)[O-])c3)n2n1. The van der Waals surface area contributed by atoms with Gasteiger partial charge < -0.3 is 0 Å². The molecule has 33 heavy (non-hydrogen) atoms. The Balaban J connectivity index is 1.44. The van der Waals surface area contributed by atoms with Crippen molar-refractivity contribution in [3.8, 4) is 0 Å². The topological polar surface area (TPSA) is 110 Å². The molecule has 10 heteroatoms. The summed E-state index contributed by atoms with van der Waals surface area (Å²) in [5.41, 5.74) is 9.22. The number of aryl methyl sites for hydroxylation is 1. The molecule has 9 nitrogen and oxygen atoms in total. The van der Waals surface area contributed by atoms with Crippen molar-refractivity contribution in [2.24, 2.45) is 5.92 Å². The Bertz CT molecular complexity index is 1310. The molecule has 170 valence electrons. The summed E-state index contributed by atoms with van der Waals surface area (Å²) in [6.45, 7) is 4.39. The molecule has 0 saturated carbocycles. The molecule has 2 N–H and O–H groups in total. The molecule has 0 aliphatic carbocycles. The van der Waals surface area contributed by atoms with E-state index in [1.54, 1.807) is 12.1 Å². The standard InChI is InChI=1S/C23H25N7O2S/c1-14-18(15(2)27-26-14)10-11-21-25-22-19-8-3-4-9-20(19)24-23(29(22)28-21)33-13-16-6-5-7-17(12-16)30(31)32/h3-9,12,14-15,18,26-27H,10-11,13H2,1-2H3. The molecular weight excluding hydrogens is 438 g/mol. The zero-order chi connectivity index (χ0) is 22.9. The minimum atomic E-state index is -0.374. The molecule has 2 unspecified atom stereocenters. The van der Waals surface area contributed by atoms with E-state index in [1.165, 1.54) is 17.8 Å². The third-order valence-corrected chi connectivity index (χ3v) is 7.21. The van der Waals surface area contributed by atoms with Crippen LogP contribution in [0.2, 0.25) is 0 Å². The average molecular weight is 464 g/mol. The van der Waals surface area contributed by atoms with Gasteiger partial charge in [0.1, 0.15) is 0 Å². The highest BCUT2D eigenvalue weighted by Crippen LogP contribution is 2.28. The molecule has 5 rings (SSSR count). The third-order valence-electron chi connectivity index (χ3n) is 6.21. The van der Waals surface area contributed by atoms with Crippen LogP contribution in [0.1, 0.15) is 31.7 Å². The number of para-hydroxylation sites is 1. The maximum Gasteiger partial charge on any atom is 0.269 e. The molecular formula is C23H25N7O2S. The lowest BCUT2D eigenvalue weighted by atomic mass is 9.91. The Hall–Kier alpha value is -3.08. The first kappa shape index (κ1) is 21.7. The van der Waals surface area contributed by atoms with Gasteiger partial charge in [0.2, 0.25) is 0 Å². The molecule has 3 heterocycles. The fourth-order valence-electron chi connectivity index (χ4n) is 4.39. The van der Waals surface area contributed by atoms with Gasteiger partial charge in [0.05, 0.1) is 10.4 Å². The van der Waals surface area contributed by atoms with Crippen molar-refractivity contribution in [3.05, 3.63) is 70.0 Å². The van der Waals surface area contributed by atoms with Crippen LogP contribution >= 0.6 is 11.8 Å². The number of nitrogens with one attached hydrogen (secondary N) is 2. The molecule has 0 amide bonds. The fraction of sp³-hybridized carbons (Fsp3) is 0.348. The zero-order valence-corrected chi connectivity index (χ0v) is 19.2. The molecule has 4 aromatic rings. The second-order valence-corrected chi connectivity index (χ2v) is 9.40. The number of aromatic nitrogens is 4. The summed E-state index contributed by atoms with van der Waals surface area (Å²) in [7, 11) is 0. The van der Waals surface area contributed by atoms with Crippen molar-refractivity contribution in [1.82, 2.24) is 30.4 Å². The van der Waals surface area contributed by atoms with E-state index in [0.29, 0.717) is 23.8 Å². The number of hydrazine groups is 1. The quantitative estimate of drug-likeness (QED) is 0.184. The van der Waals surface area contributed by atoms with Crippen molar-refractivity contribution in [2.45, 2.75) is 49.7 Å². The number of fused-ring (bicyclic) bond motifs is 3. The van der Waals surface area contributed by atoms with Crippen molar-refractivity contribution >= 4 is 34.0 Å². The highest BCUT2D eigenvalue weighted by Gasteiger charge is 2.29. The highest BCUT2D eigenvalue weighted by molar-refractivity contribution is 7.98. The molecule has 1 aliphatic rings. The summed E-state index contributed by atoms with van der Waals surface area (Å²) >= 11 is 1.50. The van der Waals surface area contributed by atoms with E-state index >= 15 is 0 Å². The maximum atomic E-state index is 11.1. The number of hydrogen-bond acceptors (Lipinski definition) is 8. The second-order valence-electron chi connectivity index (χ2n) is 8.46. The summed E-state index contributed by atoms with van der Waals surface area (Å²) in [6, 6.07) is 15.4. The van der Waals surface area contributed by atoms with Crippen LogP contribution in [0, 0.1) is 16.0 Å². The predicted molar refractivity (Wildman–Crippen MR) is 128 cm³/mol. The summed E-state index contributed by atoms with van der Waals surface area (Å²) < 4.78 is 1.82. The number of benzene rings is 2. The van der Waals surface area contributed by atoms with Gasteiger partial charge in [0.25, 0.3) is 5.69 Å². The first-order chi connectivity index (χ1) is 16.0. The smallest absolute Gasteiger partial charge is 0.258 e. The molecule has 2 aromatic carbocycles. The lowest BCUT2D eigenvalue weighted by molar-refractivity contribution is -0.384. The van der Waals surface area contributed by atoms with Gasteiger partial charge in [-0.05, 0) is 43.9 Å². The number of rotatable bonds is 7. The predicted octanol–water partition coefficient (Wildman–Crippen LogP) is 3.91. The number of non-ortho nitro benzene ring substituents is 1. The lowest BCUT2D eigenvalue weighted by Gasteiger charge is -2.16. The summed E-state index contributed by atoms with van der Waals surface area (Å²) in [4.78, 5) is 20.4. The molecule has 1 saturated heterocycles. The van der Waals surface area contributed by atoms with Crippen LogP contribution in [0.15, 0.2) is 53.7 Å². The minimum Gasteiger partial charge on any atom is -0.258 e. The van der Waals surface area contributed by atoms with Gasteiger partial charge in [0.15, 0.2) is 16.6 Å². The summed E-state index contributed by atoms with van der Waals surface area (Å²) in [5, 5.41) is 17.6. The average Bonchev–Trinajstić information content (AvgIpc) is 3.39. The molecule has 1 fully saturated rings. The van der Waals surface area contributed by atoms with Crippen LogP contribution in [0.5, 0.6) is 0 Å². The highest BCUT2D eigenvalue weighted by atomic mass is 32.2. The van der Waals surface area contributed by atoms with E-state index in [0.717, 1.165) is 45.9 Å². The van der Waals surface area contributed by atoms with Gasteiger partial charge in [-0.25, -0.2) is 9.97 Å². The Labute approximate surface area is 195 Å². The van der Waals surface area contributed by atoms with Gasteiger partial charge in [-0.2, -0.15) is 4.52 Å². The van der Waals surface area contributed by atoms with Gasteiger partial charge >= 0.3 is 0 Å². The van der Waals surface area contributed by atoms with Crippen LogP contribution in [0.25, 0.3) is 16.6 Å². The van der Waals surface area contributed by atoms with Gasteiger partial charge in [0, 0.05) is 41.8 Å². The molecule has 2 atom stereocenters. The van der Waals surface area contributed by atoms with Crippen LogP contribution in [0.3, 0.4) is 0 Å². The van der Waals surface area contributed by atoms with Crippen molar-refractivity contribution in [3.63, 3.8) is 0 Å². The Morgan fingerprint density at radius 3 is 2.67 bits per heavy atom. The first-order valence-corrected chi connectivity index (χ1v) is 12.0. The molecule has 0 radical (unpaired) electrons. The second kappa shape index (κ2) is 9.05. The van der Waals surface area contributed by atoms with Crippen molar-refractivity contribution < 1.29 is 4.92 Å². The Kier molecular flexibility index (Phi) is 5.96. The third kappa shape index (κ3) is 4.41. The number of nitrogens with zero attached hydrogens (tertiary/aromatic N) is 5. The van der Waals surface area contributed by atoms with Crippen LogP contribution in [0.4, 0.5) is 5.69 Å². The largest absolute Gasteiger partial charge is 0.269 e. The van der Waals surface area contributed by atoms with E-state index < -0.39 is 0 Å². The minimum absolute atomic E-state index is 0.0899. The summed E-state index contributed by atoms with van der Waals surface area (Å²) in [5.74, 6) is 1.86. The van der Waals surface area contributed by atoms with Crippen molar-refractivity contribution in [1.29, 1.82) is 0 Å². The van der Waals surface area contributed by atoms with E-state index in [-0.39, 0.29) is 10.6 Å². The molecule has 0 spiro atoms. The Morgan fingerprint density at radius 2 is 1.88 bits per heavy atom. The normalized spacial score (nSPS) is 20.6. The van der Waals surface area contributed by atoms with Crippen molar-refractivity contribution in [2.75, 3.05) is 0 Å². The Morgan fingerprint density at radius 1 is 1.09 bits per heavy atom. The lowest BCUT2D eigenvalue weighted by Crippen LogP contribution is -2.30. The molecule has 0 bridgehead atoms. The van der Waals surface area contributed by atoms with Gasteiger partial charge in [-0.15, -0.1) is 5.10 Å². The van der Waals surface area contributed by atoms with E-state index in [1.807, 2.05) is 34.8 Å². The van der Waals surface area contributed by atoms with E-state index in [9.17, 15) is 10.1 Å². The van der Waals surface area contributed by atoms with Crippen LogP contribution < -0.4 is 10.9 Å². The van der Waals surface area contributed by atoms with Crippen LogP contribution in [-0.2, 0) is 12.2 Å². The number of thioether (sulfide) groups is 1. The fourth-order valence-corrected chi connectivity index (χ4v) is 5.27. The molecule has 2 aromatic heterocycles. The number of hydrogen-bond donors (Lipinski definition) is 2. The first-order valence-electron chi connectivity index (χ1n) is 11.0. The van der Waals surface area contributed by atoms with Gasteiger partial charge in [-0.1, -0.05) is 36.0 Å². The van der Waals surface area contributed by atoms with E-state index in [4.69, 9.17) is 15.1 Å². The maximum absolute atomic E-state index is 11.1. The molecule has 1 aliphatic heterocycles. The zero-order valence-electron chi connectivity index (χ0n) is 18.4. The number of nitro benzene ring substituents is 1. The van der Waals surface area contributed by atoms with E-state index in [2.05, 4.69) is 24.7 Å². The number of nitro groups is 1. The monoisotopic (exact) mass is 463 g/mol. The van der Waals surface area contributed by atoms with Gasteiger partial charge in [-0.3, -0.25) is 21.0 Å². The summed E-state index contributed by atoms with van der Waals surface area (Å²) in [6.07, 6.45) is 1.77. The van der Waals surface area contributed by atoms with Crippen LogP contribution in [-0.4, -0.2) is 36.6 Å².